The van der Waals surface area contributed by atoms with Crippen molar-refractivity contribution in [2.24, 2.45) is 0 Å². The van der Waals surface area contributed by atoms with Crippen molar-refractivity contribution >= 4 is 23.5 Å². The summed E-state index contributed by atoms with van der Waals surface area (Å²) >= 11 is 0. The van der Waals surface area contributed by atoms with Gasteiger partial charge in [-0.2, -0.15) is 21.8 Å². The number of hydrogen-bond donors (Lipinski definition) is 6. The highest BCUT2D eigenvalue weighted by Gasteiger charge is 2.47. The number of rotatable bonds is 11. The number of phosphoric ester groups is 1. The highest BCUT2D eigenvalue weighted by atomic mass is 31.3. The van der Waals surface area contributed by atoms with Gasteiger partial charge in [-0.25, -0.2) is 18.5 Å². The first-order valence-corrected chi connectivity index (χ1v) is 16.9. The molecule has 3 heterocycles. The summed E-state index contributed by atoms with van der Waals surface area (Å²) in [7, 11) is -17.1. The van der Waals surface area contributed by atoms with E-state index in [4.69, 9.17) is 14.5 Å². The van der Waals surface area contributed by atoms with Crippen LogP contribution in [0.25, 0.3) is 11.1 Å². The molecule has 4 rings (SSSR count). The van der Waals surface area contributed by atoms with Gasteiger partial charge in [0.1, 0.15) is 18.3 Å². The van der Waals surface area contributed by atoms with Gasteiger partial charge < -0.3 is 34.5 Å². The number of pyridine rings is 1. The number of aromatic nitrogens is 3. The van der Waals surface area contributed by atoms with Crippen molar-refractivity contribution in [3.63, 3.8) is 0 Å². The highest BCUT2D eigenvalue weighted by Crippen LogP contribution is 2.66. The molecular weight excluding hydrogens is 696 g/mol. The minimum Gasteiger partial charge on any atom is -0.387 e. The fourth-order valence-electron chi connectivity index (χ4n) is 4.31. The minimum absolute atomic E-state index is 0.00627. The molecule has 0 saturated carbocycles. The summed E-state index contributed by atoms with van der Waals surface area (Å²) in [6.07, 6.45) is -10.0. The molecule has 1 saturated heterocycles. The number of aliphatic hydroxyl groups excluding tert-OH is 2. The van der Waals surface area contributed by atoms with Crippen LogP contribution in [0.15, 0.2) is 64.4 Å². The van der Waals surface area contributed by atoms with Gasteiger partial charge in [-0.15, -0.1) is 0 Å². The van der Waals surface area contributed by atoms with E-state index in [1.54, 1.807) is 0 Å². The molecule has 0 amide bonds. The van der Waals surface area contributed by atoms with Gasteiger partial charge in [-0.1, -0.05) is 18.2 Å². The maximum atomic E-state index is 13.5. The molecule has 4 unspecified atom stereocenters. The predicted octanol–water partition coefficient (Wildman–Crippen LogP) is 1.10. The van der Waals surface area contributed by atoms with E-state index in [1.165, 1.54) is 36.5 Å². The fraction of sp³-hybridized carbons (Fsp3) is 0.318. The van der Waals surface area contributed by atoms with Gasteiger partial charge in [0.15, 0.2) is 6.23 Å². The second-order valence-corrected chi connectivity index (χ2v) is 13.9. The normalized spacial score (nSPS) is 23.2. The zero-order valence-electron chi connectivity index (χ0n) is 22.6. The molecular formula is C22H23F3N3O15P3. The lowest BCUT2D eigenvalue weighted by atomic mass is 9.99. The number of alkyl halides is 3. The summed E-state index contributed by atoms with van der Waals surface area (Å²) in [4.78, 5) is 65.9. The van der Waals surface area contributed by atoms with Gasteiger partial charge in [-0.05, 0) is 29.3 Å². The van der Waals surface area contributed by atoms with E-state index in [9.17, 15) is 56.5 Å². The van der Waals surface area contributed by atoms with Crippen LogP contribution in [0.3, 0.4) is 0 Å². The number of phosphoric acid groups is 3. The lowest BCUT2D eigenvalue weighted by molar-refractivity contribution is -0.137. The third kappa shape index (κ3) is 8.72. The molecule has 0 bridgehead atoms. The average Bonchev–Trinajstić information content (AvgIpc) is 3.20. The van der Waals surface area contributed by atoms with Gasteiger partial charge in [-0.3, -0.25) is 23.4 Å². The van der Waals surface area contributed by atoms with Gasteiger partial charge in [0.25, 0.3) is 5.56 Å². The van der Waals surface area contributed by atoms with Gasteiger partial charge in [0, 0.05) is 18.5 Å². The van der Waals surface area contributed by atoms with E-state index in [0.717, 1.165) is 18.3 Å². The van der Waals surface area contributed by atoms with Crippen molar-refractivity contribution in [2.75, 3.05) is 6.61 Å². The topological polar surface area (TPSA) is 266 Å². The fourth-order valence-corrected chi connectivity index (χ4v) is 7.34. The van der Waals surface area contributed by atoms with E-state index < -0.39 is 84.1 Å². The quantitative estimate of drug-likeness (QED) is 0.152. The monoisotopic (exact) mass is 719 g/mol. The largest absolute Gasteiger partial charge is 0.490 e. The second kappa shape index (κ2) is 13.3. The van der Waals surface area contributed by atoms with Crippen molar-refractivity contribution in [1.29, 1.82) is 0 Å². The van der Waals surface area contributed by atoms with Crippen molar-refractivity contribution in [3.05, 3.63) is 87.0 Å². The number of nitrogens with zero attached hydrogens (tertiary/aromatic N) is 3. The third-order valence-electron chi connectivity index (χ3n) is 6.20. The summed E-state index contributed by atoms with van der Waals surface area (Å²) < 4.78 is 93.0. The Balaban J connectivity index is 1.54. The van der Waals surface area contributed by atoms with Crippen LogP contribution in [0, 0.1) is 0 Å². The maximum Gasteiger partial charge on any atom is 0.490 e. The van der Waals surface area contributed by atoms with Crippen LogP contribution < -0.4 is 11.2 Å². The van der Waals surface area contributed by atoms with Crippen molar-refractivity contribution in [1.82, 2.24) is 14.1 Å². The predicted molar refractivity (Wildman–Crippen MR) is 144 cm³/mol. The molecule has 1 aliphatic rings. The summed E-state index contributed by atoms with van der Waals surface area (Å²) in [5, 5.41) is 20.9. The van der Waals surface area contributed by atoms with Crippen LogP contribution in [-0.2, 0) is 44.3 Å². The van der Waals surface area contributed by atoms with Crippen molar-refractivity contribution < 1.29 is 74.5 Å². The first-order chi connectivity index (χ1) is 21.2. The van der Waals surface area contributed by atoms with Crippen LogP contribution in [-0.4, -0.2) is 68.8 Å². The van der Waals surface area contributed by atoms with E-state index in [0.29, 0.717) is 9.13 Å². The molecule has 1 aromatic carbocycles. The van der Waals surface area contributed by atoms with Crippen LogP contribution in [0.4, 0.5) is 13.2 Å². The van der Waals surface area contributed by atoms with Crippen molar-refractivity contribution in [2.45, 2.75) is 37.3 Å². The average molecular weight is 719 g/mol. The van der Waals surface area contributed by atoms with E-state index in [1.807, 2.05) is 0 Å². The Morgan fingerprint density at radius 2 is 1.61 bits per heavy atom. The minimum atomic E-state index is -5.85. The Hall–Kier alpha value is -2.87. The number of ether oxygens (including phenoxy) is 1. The number of aliphatic hydroxyl groups is 2. The van der Waals surface area contributed by atoms with Crippen LogP contribution >= 0.6 is 23.5 Å². The Bertz CT molecular complexity index is 1860. The molecule has 0 radical (unpaired) electrons. The van der Waals surface area contributed by atoms with Gasteiger partial charge in [0.2, 0.25) is 0 Å². The maximum absolute atomic E-state index is 13.5. The van der Waals surface area contributed by atoms with E-state index in [-0.39, 0.29) is 16.8 Å². The van der Waals surface area contributed by atoms with Gasteiger partial charge >= 0.3 is 35.3 Å². The molecule has 46 heavy (non-hydrogen) atoms. The Morgan fingerprint density at radius 3 is 2.26 bits per heavy atom. The van der Waals surface area contributed by atoms with E-state index in [2.05, 4.69) is 18.1 Å². The number of hydrogen-bond acceptors (Lipinski definition) is 12. The molecule has 0 aliphatic carbocycles. The third-order valence-corrected chi connectivity index (χ3v) is 10.0. The summed E-state index contributed by atoms with van der Waals surface area (Å²) in [5.74, 6) is 0. The Labute approximate surface area is 254 Å². The van der Waals surface area contributed by atoms with Crippen LogP contribution in [0.2, 0.25) is 0 Å². The smallest absolute Gasteiger partial charge is 0.387 e. The second-order valence-electron chi connectivity index (χ2n) is 9.44. The first-order valence-electron chi connectivity index (χ1n) is 12.4. The highest BCUT2D eigenvalue weighted by molar-refractivity contribution is 7.66. The molecule has 1 fully saturated rings. The first kappa shape index (κ1) is 36.0. The van der Waals surface area contributed by atoms with Crippen molar-refractivity contribution in [3.8, 4) is 11.1 Å². The summed E-state index contributed by atoms with van der Waals surface area (Å²) in [6.45, 7) is -1.72. The zero-order valence-corrected chi connectivity index (χ0v) is 25.3. The van der Waals surface area contributed by atoms with Gasteiger partial charge in [0.05, 0.1) is 24.4 Å². The molecule has 2 aromatic heterocycles. The number of benzene rings is 1. The standard InChI is InChI=1S/C22H23F3N3O15P3/c23-22(24,25)15-4-2-1-3-14(15)12-5-7-26-13(9-12)10-28-17(29)6-8-27(21(28)32)20-19(31)18(30)16(41-20)11-40-45(36,37)43-46(38,39)42-44(33,34)35/h1-9,16,18-20,30-31H,10-11H2,(H,36,37)(H,38,39)(H2,33,34,35)/t16-,18?,19?,20-/m1/s1. The summed E-state index contributed by atoms with van der Waals surface area (Å²) in [5.41, 5.74) is -3.07. The molecule has 1 aliphatic heterocycles. The zero-order chi connectivity index (χ0) is 34.2. The Kier molecular flexibility index (Phi) is 10.4. The lowest BCUT2D eigenvalue weighted by Crippen LogP contribution is -2.43. The Morgan fingerprint density at radius 1 is 0.935 bits per heavy atom. The molecule has 24 heteroatoms. The number of halogens is 3. The summed E-state index contributed by atoms with van der Waals surface area (Å²) in [6, 6.07) is 8.11. The molecule has 6 atom stereocenters. The molecule has 252 valence electrons. The lowest BCUT2D eigenvalue weighted by Gasteiger charge is -2.19. The SMILES string of the molecule is O=c1ccn([C@@H]2O[C@H](COP(=O)(O)OP(=O)(O)OP(=O)(O)O)C(O)C2O)c(=O)n1Cc1cc(-c2ccccc2C(F)(F)F)ccn1. The molecule has 0 spiro atoms. The van der Waals surface area contributed by atoms with Crippen LogP contribution in [0.5, 0.6) is 0 Å². The van der Waals surface area contributed by atoms with Crippen LogP contribution in [0.1, 0.15) is 17.5 Å². The molecule has 18 nitrogen and oxygen atoms in total. The molecule has 6 N–H and O–H groups in total. The van der Waals surface area contributed by atoms with E-state index >= 15 is 0 Å². The molecule has 3 aromatic rings.